The van der Waals surface area contributed by atoms with Crippen LogP contribution in [0, 0.1) is 0 Å². The molecule has 0 bridgehead atoms. The van der Waals surface area contributed by atoms with E-state index in [2.05, 4.69) is 26.0 Å². The van der Waals surface area contributed by atoms with Gasteiger partial charge in [0.1, 0.15) is 0 Å². The van der Waals surface area contributed by atoms with E-state index >= 15 is 0 Å². The molecule has 6 heteroatoms. The molecule has 0 radical (unpaired) electrons. The van der Waals surface area contributed by atoms with Gasteiger partial charge in [0.2, 0.25) is 0 Å². The van der Waals surface area contributed by atoms with Gasteiger partial charge in [-0.2, -0.15) is 0 Å². The van der Waals surface area contributed by atoms with Crippen LogP contribution in [0.2, 0.25) is 0 Å². The van der Waals surface area contributed by atoms with Crippen molar-refractivity contribution >= 4 is 31.6 Å². The minimum atomic E-state index is -3.59. The molecule has 0 fully saturated rings. The third-order valence-electron chi connectivity index (χ3n) is 4.29. The zero-order valence-corrected chi connectivity index (χ0v) is 16.0. The molecule has 3 rings (SSSR count). The SMILES string of the molecule is CCc1cc(Br)ccc1S(=O)(=O)Nc1ccc2c(c1)CCNCC2. The van der Waals surface area contributed by atoms with Crippen molar-refractivity contribution in [2.75, 3.05) is 17.8 Å². The second-order valence-electron chi connectivity index (χ2n) is 5.94. The molecule has 1 aliphatic rings. The van der Waals surface area contributed by atoms with Crippen LogP contribution in [-0.4, -0.2) is 21.5 Å². The lowest BCUT2D eigenvalue weighted by Crippen LogP contribution is -2.16. The van der Waals surface area contributed by atoms with Crippen LogP contribution in [-0.2, 0) is 29.3 Å². The average molecular weight is 409 g/mol. The number of anilines is 1. The van der Waals surface area contributed by atoms with Gasteiger partial charge in [0.05, 0.1) is 4.90 Å². The van der Waals surface area contributed by atoms with E-state index in [9.17, 15) is 8.42 Å². The molecule has 128 valence electrons. The smallest absolute Gasteiger partial charge is 0.262 e. The Morgan fingerprint density at radius 2 is 1.83 bits per heavy atom. The summed E-state index contributed by atoms with van der Waals surface area (Å²) in [6.45, 7) is 3.85. The van der Waals surface area contributed by atoms with E-state index in [0.717, 1.165) is 36.0 Å². The molecule has 2 aromatic carbocycles. The first-order valence-electron chi connectivity index (χ1n) is 8.13. The van der Waals surface area contributed by atoms with Gasteiger partial charge in [-0.3, -0.25) is 4.72 Å². The van der Waals surface area contributed by atoms with E-state index in [0.29, 0.717) is 17.0 Å². The zero-order valence-electron chi connectivity index (χ0n) is 13.6. The molecule has 0 saturated heterocycles. The van der Waals surface area contributed by atoms with E-state index in [1.807, 2.05) is 31.2 Å². The number of hydrogen-bond acceptors (Lipinski definition) is 3. The maximum absolute atomic E-state index is 12.8. The van der Waals surface area contributed by atoms with Crippen LogP contribution in [0.15, 0.2) is 45.8 Å². The number of rotatable bonds is 4. The van der Waals surface area contributed by atoms with Crippen LogP contribution >= 0.6 is 15.9 Å². The molecule has 0 aliphatic carbocycles. The van der Waals surface area contributed by atoms with E-state index in [-0.39, 0.29) is 0 Å². The Morgan fingerprint density at radius 3 is 2.58 bits per heavy atom. The van der Waals surface area contributed by atoms with Crippen molar-refractivity contribution in [2.24, 2.45) is 0 Å². The molecule has 0 atom stereocenters. The van der Waals surface area contributed by atoms with Crippen molar-refractivity contribution in [3.63, 3.8) is 0 Å². The Hall–Kier alpha value is -1.37. The summed E-state index contributed by atoms with van der Waals surface area (Å²) in [6, 6.07) is 11.1. The summed E-state index contributed by atoms with van der Waals surface area (Å²) in [5, 5.41) is 3.36. The normalized spacial score (nSPS) is 14.8. The Bertz CT molecular complexity index is 850. The molecule has 2 N–H and O–H groups in total. The predicted molar refractivity (Wildman–Crippen MR) is 101 cm³/mol. The third-order valence-corrected chi connectivity index (χ3v) is 6.27. The van der Waals surface area contributed by atoms with Crippen LogP contribution < -0.4 is 10.0 Å². The number of sulfonamides is 1. The Balaban J connectivity index is 1.91. The minimum Gasteiger partial charge on any atom is -0.316 e. The molecular weight excluding hydrogens is 388 g/mol. The van der Waals surface area contributed by atoms with Crippen molar-refractivity contribution in [1.29, 1.82) is 0 Å². The first kappa shape index (κ1) is 17.5. The van der Waals surface area contributed by atoms with Gasteiger partial charge in [0.25, 0.3) is 10.0 Å². The number of hydrogen-bond donors (Lipinski definition) is 2. The molecule has 0 unspecified atom stereocenters. The van der Waals surface area contributed by atoms with Gasteiger partial charge >= 0.3 is 0 Å². The lowest BCUT2D eigenvalue weighted by molar-refractivity contribution is 0.600. The first-order chi connectivity index (χ1) is 11.5. The number of halogens is 1. The number of fused-ring (bicyclic) bond motifs is 1. The van der Waals surface area contributed by atoms with Crippen molar-refractivity contribution in [2.45, 2.75) is 31.1 Å². The molecule has 0 spiro atoms. The highest BCUT2D eigenvalue weighted by Crippen LogP contribution is 2.25. The fourth-order valence-corrected chi connectivity index (χ4v) is 4.79. The van der Waals surface area contributed by atoms with E-state index < -0.39 is 10.0 Å². The van der Waals surface area contributed by atoms with Crippen molar-refractivity contribution < 1.29 is 8.42 Å². The van der Waals surface area contributed by atoms with Gasteiger partial charge in [0, 0.05) is 10.2 Å². The van der Waals surface area contributed by atoms with Crippen LogP contribution in [0.1, 0.15) is 23.6 Å². The molecule has 0 aromatic heterocycles. The summed E-state index contributed by atoms with van der Waals surface area (Å²) in [7, 11) is -3.59. The predicted octanol–water partition coefficient (Wildman–Crippen LogP) is 3.50. The molecule has 4 nitrogen and oxygen atoms in total. The molecule has 2 aromatic rings. The van der Waals surface area contributed by atoms with E-state index in [1.54, 1.807) is 12.1 Å². The van der Waals surface area contributed by atoms with Crippen LogP contribution in [0.3, 0.4) is 0 Å². The Kier molecular flexibility index (Phi) is 5.27. The standard InChI is InChI=1S/C18H21BrN2O2S/c1-2-13-11-16(19)4-6-18(13)24(22,23)21-17-5-3-14-7-9-20-10-8-15(14)12-17/h3-6,11-12,20-21H,2,7-10H2,1H3. The average Bonchev–Trinajstić information content (AvgIpc) is 2.79. The fourth-order valence-electron chi connectivity index (χ4n) is 3.03. The van der Waals surface area contributed by atoms with Gasteiger partial charge in [-0.05, 0) is 79.4 Å². The first-order valence-corrected chi connectivity index (χ1v) is 10.4. The van der Waals surface area contributed by atoms with Crippen molar-refractivity contribution in [3.8, 4) is 0 Å². The Labute approximate surface area is 151 Å². The minimum absolute atomic E-state index is 0.338. The van der Waals surface area contributed by atoms with Crippen molar-refractivity contribution in [3.05, 3.63) is 57.6 Å². The summed E-state index contributed by atoms with van der Waals surface area (Å²) in [5.41, 5.74) is 3.93. The van der Waals surface area contributed by atoms with Gasteiger partial charge in [-0.15, -0.1) is 0 Å². The largest absolute Gasteiger partial charge is 0.316 e. The van der Waals surface area contributed by atoms with Gasteiger partial charge < -0.3 is 5.32 Å². The molecule has 1 heterocycles. The fraction of sp³-hybridized carbons (Fsp3) is 0.333. The molecule has 1 aliphatic heterocycles. The molecule has 0 amide bonds. The summed E-state index contributed by atoms with van der Waals surface area (Å²) in [4.78, 5) is 0.338. The summed E-state index contributed by atoms with van der Waals surface area (Å²) >= 11 is 3.40. The van der Waals surface area contributed by atoms with Gasteiger partial charge in [-0.25, -0.2) is 8.42 Å². The summed E-state index contributed by atoms with van der Waals surface area (Å²) < 4.78 is 29.2. The lowest BCUT2D eigenvalue weighted by Gasteiger charge is -2.14. The topological polar surface area (TPSA) is 58.2 Å². The van der Waals surface area contributed by atoms with Crippen LogP contribution in [0.4, 0.5) is 5.69 Å². The Morgan fingerprint density at radius 1 is 1.08 bits per heavy atom. The third kappa shape index (κ3) is 3.82. The van der Waals surface area contributed by atoms with Gasteiger partial charge in [-0.1, -0.05) is 28.9 Å². The van der Waals surface area contributed by atoms with Crippen molar-refractivity contribution in [1.82, 2.24) is 5.32 Å². The second-order valence-corrected chi connectivity index (χ2v) is 8.51. The maximum Gasteiger partial charge on any atom is 0.262 e. The maximum atomic E-state index is 12.8. The lowest BCUT2D eigenvalue weighted by atomic mass is 10.0. The number of nitrogens with one attached hydrogen (secondary N) is 2. The molecular formula is C18H21BrN2O2S. The number of aryl methyl sites for hydroxylation is 1. The number of benzene rings is 2. The highest BCUT2D eigenvalue weighted by atomic mass is 79.9. The van der Waals surface area contributed by atoms with E-state index in [1.165, 1.54) is 11.1 Å². The van der Waals surface area contributed by atoms with Crippen LogP contribution in [0.5, 0.6) is 0 Å². The highest BCUT2D eigenvalue weighted by molar-refractivity contribution is 9.10. The monoisotopic (exact) mass is 408 g/mol. The zero-order chi connectivity index (χ0) is 17.2. The quantitative estimate of drug-likeness (QED) is 0.813. The molecule has 0 saturated carbocycles. The van der Waals surface area contributed by atoms with Gasteiger partial charge in [0.15, 0.2) is 0 Å². The second kappa shape index (κ2) is 7.25. The van der Waals surface area contributed by atoms with E-state index in [4.69, 9.17) is 0 Å². The van der Waals surface area contributed by atoms with Crippen LogP contribution in [0.25, 0.3) is 0 Å². The summed E-state index contributed by atoms with van der Waals surface area (Å²) in [5.74, 6) is 0. The highest BCUT2D eigenvalue weighted by Gasteiger charge is 2.19. The molecule has 24 heavy (non-hydrogen) atoms. The summed E-state index contributed by atoms with van der Waals surface area (Å²) in [6.07, 6.45) is 2.56.